The van der Waals surface area contributed by atoms with Gasteiger partial charge in [0.25, 0.3) is 5.91 Å². The molecule has 0 spiro atoms. The average molecular weight is 431 g/mol. The number of amides is 2. The van der Waals surface area contributed by atoms with Gasteiger partial charge in [0.05, 0.1) is 5.69 Å². The number of benzene rings is 2. The summed E-state index contributed by atoms with van der Waals surface area (Å²) in [7, 11) is 0. The molecule has 6 nitrogen and oxygen atoms in total. The lowest BCUT2D eigenvalue weighted by Gasteiger charge is -2.15. The molecular weight excluding hydrogens is 408 g/mol. The van der Waals surface area contributed by atoms with Gasteiger partial charge in [-0.2, -0.15) is 0 Å². The van der Waals surface area contributed by atoms with Crippen LogP contribution in [0.15, 0.2) is 66.5 Å². The number of fused-ring (bicyclic) bond motifs is 1. The molecular formula is C24H22N4O2S. The number of carbonyl (C=O) groups is 2. The van der Waals surface area contributed by atoms with Gasteiger partial charge in [0, 0.05) is 35.8 Å². The molecule has 0 saturated carbocycles. The maximum Gasteiger partial charge on any atom is 0.281 e. The minimum atomic E-state index is -0.193. The van der Waals surface area contributed by atoms with Crippen LogP contribution >= 0.6 is 12.2 Å². The highest BCUT2D eigenvalue weighted by Gasteiger charge is 2.32. The highest BCUT2D eigenvalue weighted by molar-refractivity contribution is 7.80. The number of thiocarbonyl (C=S) groups is 1. The molecule has 0 unspecified atom stereocenters. The van der Waals surface area contributed by atoms with Crippen molar-refractivity contribution in [2.75, 3.05) is 18.0 Å². The highest BCUT2D eigenvalue weighted by Crippen LogP contribution is 2.27. The van der Waals surface area contributed by atoms with E-state index in [9.17, 15) is 9.59 Å². The van der Waals surface area contributed by atoms with Gasteiger partial charge in [0.15, 0.2) is 5.11 Å². The second-order valence-corrected chi connectivity index (χ2v) is 8.17. The lowest BCUT2D eigenvalue weighted by Crippen LogP contribution is -2.30. The Hall–Kier alpha value is -3.45. The van der Waals surface area contributed by atoms with Crippen molar-refractivity contribution < 1.29 is 9.59 Å². The van der Waals surface area contributed by atoms with E-state index in [0.717, 1.165) is 48.1 Å². The van der Waals surface area contributed by atoms with Gasteiger partial charge in [0.1, 0.15) is 12.2 Å². The normalized spacial score (nSPS) is 17.7. The number of nitrogens with zero attached hydrogens (tertiary/aromatic N) is 3. The molecule has 2 aromatic carbocycles. The summed E-state index contributed by atoms with van der Waals surface area (Å²) in [5.74, 6) is -0.0647. The van der Waals surface area contributed by atoms with E-state index in [1.807, 2.05) is 76.3 Å². The standard InChI is InChI=1S/C24H22N4O2S/c29-22(26-12-6-7-13-26)16-27-15-17(19-10-4-5-11-21(19)27)14-20-23(30)28(24(31)25-20)18-8-2-1-3-9-18/h1-5,8-11,14-15H,6-7,12-13,16H2,(H,25,31)/b20-14-. The molecule has 2 fully saturated rings. The fourth-order valence-electron chi connectivity index (χ4n) is 4.24. The molecule has 0 atom stereocenters. The zero-order valence-electron chi connectivity index (χ0n) is 17.0. The smallest absolute Gasteiger partial charge is 0.281 e. The van der Waals surface area contributed by atoms with Gasteiger partial charge in [-0.25, -0.2) is 0 Å². The first-order chi connectivity index (χ1) is 15.1. The maximum atomic E-state index is 13.1. The van der Waals surface area contributed by atoms with E-state index < -0.39 is 0 Å². The van der Waals surface area contributed by atoms with Crippen LogP contribution < -0.4 is 10.2 Å². The Bertz CT molecular complexity index is 1210. The number of carbonyl (C=O) groups excluding carboxylic acids is 2. The number of rotatable bonds is 4. The third kappa shape index (κ3) is 3.61. The van der Waals surface area contributed by atoms with Gasteiger partial charge < -0.3 is 14.8 Å². The second kappa shape index (κ2) is 8.00. The Labute approximate surface area is 185 Å². The number of nitrogens with one attached hydrogen (secondary N) is 1. The van der Waals surface area contributed by atoms with Gasteiger partial charge in [-0.15, -0.1) is 0 Å². The van der Waals surface area contributed by atoms with Crippen LogP contribution in [0.3, 0.4) is 0 Å². The molecule has 156 valence electrons. The van der Waals surface area contributed by atoms with Crippen molar-refractivity contribution in [2.24, 2.45) is 0 Å². The molecule has 0 bridgehead atoms. The largest absolute Gasteiger partial charge is 0.341 e. The van der Waals surface area contributed by atoms with Gasteiger partial charge in [-0.3, -0.25) is 14.5 Å². The van der Waals surface area contributed by atoms with E-state index in [1.54, 1.807) is 0 Å². The van der Waals surface area contributed by atoms with Crippen LogP contribution in [0.2, 0.25) is 0 Å². The van der Waals surface area contributed by atoms with E-state index in [-0.39, 0.29) is 11.8 Å². The molecule has 0 radical (unpaired) electrons. The van der Waals surface area contributed by atoms with Crippen LogP contribution in [0.4, 0.5) is 5.69 Å². The Morgan fingerprint density at radius 1 is 1.03 bits per heavy atom. The lowest BCUT2D eigenvalue weighted by atomic mass is 10.1. The summed E-state index contributed by atoms with van der Waals surface area (Å²) in [4.78, 5) is 29.2. The quantitative estimate of drug-likeness (QED) is 0.508. The molecule has 1 aromatic heterocycles. The molecule has 0 aliphatic carbocycles. The van der Waals surface area contributed by atoms with Crippen LogP contribution in [0, 0.1) is 0 Å². The van der Waals surface area contributed by atoms with Crippen LogP contribution in [0.25, 0.3) is 17.0 Å². The van der Waals surface area contributed by atoms with E-state index in [2.05, 4.69) is 5.32 Å². The van der Waals surface area contributed by atoms with Crippen molar-refractivity contribution in [3.05, 3.63) is 72.1 Å². The second-order valence-electron chi connectivity index (χ2n) is 7.78. The van der Waals surface area contributed by atoms with E-state index >= 15 is 0 Å². The Balaban J connectivity index is 1.48. The summed E-state index contributed by atoms with van der Waals surface area (Å²) in [6.45, 7) is 1.96. The molecule has 2 amide bonds. The molecule has 31 heavy (non-hydrogen) atoms. The molecule has 3 heterocycles. The number of likely N-dealkylation sites (tertiary alicyclic amines) is 1. The monoisotopic (exact) mass is 430 g/mol. The summed E-state index contributed by atoms with van der Waals surface area (Å²) >= 11 is 5.41. The van der Waals surface area contributed by atoms with Crippen LogP contribution in [-0.4, -0.2) is 39.5 Å². The molecule has 1 N–H and O–H groups in total. The summed E-state index contributed by atoms with van der Waals surface area (Å²) in [6, 6.07) is 17.3. The number of anilines is 1. The van der Waals surface area contributed by atoms with Crippen LogP contribution in [0.5, 0.6) is 0 Å². The first-order valence-corrected chi connectivity index (χ1v) is 10.8. The zero-order valence-corrected chi connectivity index (χ0v) is 17.8. The summed E-state index contributed by atoms with van der Waals surface area (Å²) < 4.78 is 1.97. The number of hydrogen-bond acceptors (Lipinski definition) is 3. The van der Waals surface area contributed by atoms with E-state index in [0.29, 0.717) is 17.4 Å². The van der Waals surface area contributed by atoms with Gasteiger partial charge in [-0.05, 0) is 49.3 Å². The van der Waals surface area contributed by atoms with E-state index in [4.69, 9.17) is 12.2 Å². The lowest BCUT2D eigenvalue weighted by molar-refractivity contribution is -0.130. The molecule has 2 aliphatic rings. The van der Waals surface area contributed by atoms with Gasteiger partial charge in [0.2, 0.25) is 5.91 Å². The minimum absolute atomic E-state index is 0.129. The van der Waals surface area contributed by atoms with Crippen molar-refractivity contribution in [1.29, 1.82) is 0 Å². The third-order valence-electron chi connectivity index (χ3n) is 5.78. The summed E-state index contributed by atoms with van der Waals surface area (Å²) in [6.07, 6.45) is 5.90. The first-order valence-electron chi connectivity index (χ1n) is 10.4. The van der Waals surface area contributed by atoms with Crippen molar-refractivity contribution in [1.82, 2.24) is 14.8 Å². The molecule has 7 heteroatoms. The molecule has 2 saturated heterocycles. The van der Waals surface area contributed by atoms with Crippen molar-refractivity contribution >= 4 is 51.8 Å². The summed E-state index contributed by atoms with van der Waals surface area (Å²) in [5, 5.41) is 4.39. The number of aromatic nitrogens is 1. The number of para-hydroxylation sites is 2. The zero-order chi connectivity index (χ0) is 21.4. The molecule has 2 aliphatic heterocycles. The Kier molecular flexibility index (Phi) is 5.03. The first kappa shape index (κ1) is 19.5. The Morgan fingerprint density at radius 3 is 2.52 bits per heavy atom. The summed E-state index contributed by atoms with van der Waals surface area (Å²) in [5.41, 5.74) is 2.99. The fraction of sp³-hybridized carbons (Fsp3) is 0.208. The SMILES string of the molecule is O=C(Cn1cc(/C=C2\NC(=S)N(c3ccccc3)C2=O)c2ccccc21)N1CCCC1. The van der Waals surface area contributed by atoms with Crippen molar-refractivity contribution in [2.45, 2.75) is 19.4 Å². The predicted molar refractivity (Wildman–Crippen MR) is 125 cm³/mol. The topological polar surface area (TPSA) is 57.6 Å². The molecule has 5 rings (SSSR count). The average Bonchev–Trinajstić information content (AvgIpc) is 3.49. The maximum absolute atomic E-state index is 13.1. The Morgan fingerprint density at radius 2 is 1.74 bits per heavy atom. The van der Waals surface area contributed by atoms with Crippen LogP contribution in [-0.2, 0) is 16.1 Å². The van der Waals surface area contributed by atoms with E-state index in [1.165, 1.54) is 4.90 Å². The van der Waals surface area contributed by atoms with Gasteiger partial charge in [-0.1, -0.05) is 36.4 Å². The fourth-order valence-corrected chi connectivity index (χ4v) is 4.53. The van der Waals surface area contributed by atoms with Crippen molar-refractivity contribution in [3.8, 4) is 0 Å². The van der Waals surface area contributed by atoms with Gasteiger partial charge >= 0.3 is 0 Å². The molecule has 3 aromatic rings. The third-order valence-corrected chi connectivity index (χ3v) is 6.06. The minimum Gasteiger partial charge on any atom is -0.341 e. The predicted octanol–water partition coefficient (Wildman–Crippen LogP) is 3.53. The highest BCUT2D eigenvalue weighted by atomic mass is 32.1. The van der Waals surface area contributed by atoms with Crippen molar-refractivity contribution in [3.63, 3.8) is 0 Å². The van der Waals surface area contributed by atoms with Crippen LogP contribution in [0.1, 0.15) is 18.4 Å². The number of hydrogen-bond donors (Lipinski definition) is 1.